The van der Waals surface area contributed by atoms with Gasteiger partial charge in [-0.15, -0.1) is 0 Å². The number of hydrogen-bond donors (Lipinski definition) is 2. The van der Waals surface area contributed by atoms with Gasteiger partial charge >= 0.3 is 0 Å². The fourth-order valence-corrected chi connectivity index (χ4v) is 2.25. The molecule has 0 saturated heterocycles. The van der Waals surface area contributed by atoms with Crippen LogP contribution in [-0.4, -0.2) is 23.7 Å². The fraction of sp³-hybridized carbons (Fsp3) is 0.417. The van der Waals surface area contributed by atoms with E-state index in [9.17, 15) is 4.79 Å². The van der Waals surface area contributed by atoms with Crippen molar-refractivity contribution in [2.45, 2.75) is 25.9 Å². The molecule has 0 aliphatic carbocycles. The minimum atomic E-state index is -0.327. The van der Waals surface area contributed by atoms with Crippen LogP contribution in [0, 0.1) is 0 Å². The maximum Gasteiger partial charge on any atom is 0.251 e. The molecule has 0 bridgehead atoms. The van der Waals surface area contributed by atoms with Crippen LogP contribution in [0.3, 0.4) is 0 Å². The summed E-state index contributed by atoms with van der Waals surface area (Å²) in [5.74, 6) is -0.154. The number of rotatable bonds is 5. The van der Waals surface area contributed by atoms with Crippen molar-refractivity contribution in [2.24, 2.45) is 0 Å². The zero-order chi connectivity index (χ0) is 12.8. The van der Waals surface area contributed by atoms with E-state index in [4.69, 9.17) is 16.7 Å². The maximum atomic E-state index is 11.7. The van der Waals surface area contributed by atoms with Crippen molar-refractivity contribution < 1.29 is 9.90 Å². The Morgan fingerprint density at radius 3 is 2.82 bits per heavy atom. The largest absolute Gasteiger partial charge is 0.393 e. The number of halogens is 2. The SMILES string of the molecule is CC(O)CCCNC(=O)c1cc(Cl)cc(Br)c1. The molecule has 0 spiro atoms. The van der Waals surface area contributed by atoms with Crippen molar-refractivity contribution >= 4 is 33.4 Å². The molecule has 94 valence electrons. The van der Waals surface area contributed by atoms with Crippen molar-refractivity contribution in [3.63, 3.8) is 0 Å². The Labute approximate surface area is 114 Å². The smallest absolute Gasteiger partial charge is 0.251 e. The summed E-state index contributed by atoms with van der Waals surface area (Å²) < 4.78 is 0.777. The molecule has 1 atom stereocenters. The van der Waals surface area contributed by atoms with Gasteiger partial charge < -0.3 is 10.4 Å². The first-order chi connectivity index (χ1) is 7.99. The first-order valence-corrected chi connectivity index (χ1v) is 6.58. The normalized spacial score (nSPS) is 12.2. The molecular weight excluding hydrogens is 305 g/mol. The highest BCUT2D eigenvalue weighted by Gasteiger charge is 2.07. The molecule has 1 amide bonds. The summed E-state index contributed by atoms with van der Waals surface area (Å²) in [4.78, 5) is 11.7. The zero-order valence-electron chi connectivity index (χ0n) is 9.54. The fourth-order valence-electron chi connectivity index (χ4n) is 1.39. The number of hydrogen-bond acceptors (Lipinski definition) is 2. The molecule has 5 heteroatoms. The molecule has 1 unspecified atom stereocenters. The summed E-state index contributed by atoms with van der Waals surface area (Å²) in [6.07, 6.45) is 1.11. The molecule has 0 radical (unpaired) electrons. The number of amides is 1. The van der Waals surface area contributed by atoms with Crippen LogP contribution >= 0.6 is 27.5 Å². The van der Waals surface area contributed by atoms with Gasteiger partial charge in [0.05, 0.1) is 6.10 Å². The predicted octanol–water partition coefficient (Wildman–Crippen LogP) is 2.99. The van der Waals surface area contributed by atoms with Gasteiger partial charge in [0.25, 0.3) is 5.91 Å². The van der Waals surface area contributed by atoms with Crippen LogP contribution in [0.5, 0.6) is 0 Å². The minimum Gasteiger partial charge on any atom is -0.393 e. The predicted molar refractivity (Wildman–Crippen MR) is 72.4 cm³/mol. The van der Waals surface area contributed by atoms with Crippen molar-refractivity contribution in [3.8, 4) is 0 Å². The summed E-state index contributed by atoms with van der Waals surface area (Å²) >= 11 is 9.14. The van der Waals surface area contributed by atoms with E-state index in [1.54, 1.807) is 25.1 Å². The van der Waals surface area contributed by atoms with Crippen LogP contribution in [0.1, 0.15) is 30.1 Å². The highest BCUT2D eigenvalue weighted by molar-refractivity contribution is 9.10. The summed E-state index contributed by atoms with van der Waals surface area (Å²) in [7, 11) is 0. The molecule has 2 N–H and O–H groups in total. The molecule has 3 nitrogen and oxygen atoms in total. The summed E-state index contributed by atoms with van der Waals surface area (Å²) in [6, 6.07) is 5.07. The number of benzene rings is 1. The molecule has 0 saturated carbocycles. The van der Waals surface area contributed by atoms with E-state index < -0.39 is 0 Å². The van der Waals surface area contributed by atoms with Crippen LogP contribution in [0.4, 0.5) is 0 Å². The van der Waals surface area contributed by atoms with Gasteiger partial charge in [-0.2, -0.15) is 0 Å². The van der Waals surface area contributed by atoms with Gasteiger partial charge in [0.15, 0.2) is 0 Å². The molecule has 0 aromatic heterocycles. The molecule has 0 aliphatic rings. The lowest BCUT2D eigenvalue weighted by molar-refractivity contribution is 0.0949. The van der Waals surface area contributed by atoms with Crippen molar-refractivity contribution in [2.75, 3.05) is 6.54 Å². The van der Waals surface area contributed by atoms with Crippen LogP contribution in [0.25, 0.3) is 0 Å². The van der Waals surface area contributed by atoms with Gasteiger partial charge in [-0.3, -0.25) is 4.79 Å². The third kappa shape index (κ3) is 5.52. The van der Waals surface area contributed by atoms with Crippen LogP contribution < -0.4 is 5.32 Å². The Morgan fingerprint density at radius 1 is 1.53 bits per heavy atom. The first kappa shape index (κ1) is 14.5. The maximum absolute atomic E-state index is 11.7. The van der Waals surface area contributed by atoms with Crippen LogP contribution in [-0.2, 0) is 0 Å². The number of aliphatic hydroxyl groups is 1. The quantitative estimate of drug-likeness (QED) is 0.819. The molecule has 1 aromatic rings. The van der Waals surface area contributed by atoms with Gasteiger partial charge in [-0.25, -0.2) is 0 Å². The highest BCUT2D eigenvalue weighted by Crippen LogP contribution is 2.19. The molecule has 17 heavy (non-hydrogen) atoms. The van der Waals surface area contributed by atoms with Gasteiger partial charge in [0, 0.05) is 21.6 Å². The third-order valence-electron chi connectivity index (χ3n) is 2.21. The van der Waals surface area contributed by atoms with E-state index in [-0.39, 0.29) is 12.0 Å². The number of aliphatic hydroxyl groups excluding tert-OH is 1. The molecule has 1 aromatic carbocycles. The lowest BCUT2D eigenvalue weighted by Gasteiger charge is -2.07. The Balaban J connectivity index is 2.47. The van der Waals surface area contributed by atoms with Crippen molar-refractivity contribution in [1.82, 2.24) is 5.32 Å². The number of carbonyl (C=O) groups excluding carboxylic acids is 1. The number of nitrogens with one attached hydrogen (secondary N) is 1. The Bertz CT molecular complexity index is 376. The molecule has 1 rings (SSSR count). The van der Waals surface area contributed by atoms with E-state index in [1.807, 2.05) is 0 Å². The summed E-state index contributed by atoms with van der Waals surface area (Å²) in [6.45, 7) is 2.28. The van der Waals surface area contributed by atoms with E-state index >= 15 is 0 Å². The van der Waals surface area contributed by atoms with Gasteiger partial charge in [-0.05, 0) is 38.0 Å². The zero-order valence-corrected chi connectivity index (χ0v) is 11.9. The van der Waals surface area contributed by atoms with E-state index in [2.05, 4.69) is 21.2 Å². The second kappa shape index (κ2) is 6.99. The van der Waals surface area contributed by atoms with Crippen LogP contribution in [0.2, 0.25) is 5.02 Å². The molecule has 0 fully saturated rings. The summed E-state index contributed by atoms with van der Waals surface area (Å²) in [5.41, 5.74) is 0.529. The highest BCUT2D eigenvalue weighted by atomic mass is 79.9. The molecule has 0 aliphatic heterocycles. The topological polar surface area (TPSA) is 49.3 Å². The molecule has 0 heterocycles. The second-order valence-electron chi connectivity index (χ2n) is 3.91. The lowest BCUT2D eigenvalue weighted by Crippen LogP contribution is -2.25. The third-order valence-corrected chi connectivity index (χ3v) is 2.89. The summed E-state index contributed by atoms with van der Waals surface area (Å²) in [5, 5.41) is 12.4. The second-order valence-corrected chi connectivity index (χ2v) is 5.26. The van der Waals surface area contributed by atoms with Gasteiger partial charge in [0.2, 0.25) is 0 Å². The Morgan fingerprint density at radius 2 is 2.24 bits per heavy atom. The molecular formula is C12H15BrClNO2. The Hall–Kier alpha value is -0.580. The van der Waals surface area contributed by atoms with E-state index in [0.717, 1.165) is 10.9 Å². The number of carbonyl (C=O) groups is 1. The van der Waals surface area contributed by atoms with Crippen molar-refractivity contribution in [3.05, 3.63) is 33.3 Å². The Kier molecular flexibility index (Phi) is 5.95. The van der Waals surface area contributed by atoms with Gasteiger partial charge in [-0.1, -0.05) is 27.5 Å². The minimum absolute atomic E-state index is 0.154. The lowest BCUT2D eigenvalue weighted by atomic mass is 10.2. The standard InChI is InChI=1S/C12H15BrClNO2/c1-8(16)3-2-4-15-12(17)9-5-10(13)7-11(14)6-9/h5-8,16H,2-4H2,1H3,(H,15,17). The monoisotopic (exact) mass is 319 g/mol. The van der Waals surface area contributed by atoms with Crippen molar-refractivity contribution in [1.29, 1.82) is 0 Å². The van der Waals surface area contributed by atoms with Gasteiger partial charge in [0.1, 0.15) is 0 Å². The first-order valence-electron chi connectivity index (χ1n) is 5.41. The van der Waals surface area contributed by atoms with E-state index in [1.165, 1.54) is 0 Å². The average Bonchev–Trinajstić information content (AvgIpc) is 2.22. The van der Waals surface area contributed by atoms with E-state index in [0.29, 0.717) is 23.6 Å². The van der Waals surface area contributed by atoms with Crippen LogP contribution in [0.15, 0.2) is 22.7 Å². The average molecular weight is 321 g/mol.